The number of hydrogen-bond donors (Lipinski definition) is 4. The predicted molar refractivity (Wildman–Crippen MR) is 114 cm³/mol. The summed E-state index contributed by atoms with van der Waals surface area (Å²) >= 11 is 1.11. The zero-order valence-electron chi connectivity index (χ0n) is 16.1. The first-order valence-electron chi connectivity index (χ1n) is 9.04. The van der Waals surface area contributed by atoms with E-state index in [1.165, 1.54) is 6.92 Å². The molecular formula is C20H20N6O3S. The fraction of sp³-hybridized carbons (Fsp3) is 0.150. The van der Waals surface area contributed by atoms with Crippen molar-refractivity contribution in [3.05, 3.63) is 65.7 Å². The van der Waals surface area contributed by atoms with E-state index in [0.29, 0.717) is 23.0 Å². The highest BCUT2D eigenvalue weighted by Gasteiger charge is 2.10. The van der Waals surface area contributed by atoms with Crippen molar-refractivity contribution in [1.82, 2.24) is 20.5 Å². The van der Waals surface area contributed by atoms with Crippen LogP contribution >= 0.6 is 11.8 Å². The van der Waals surface area contributed by atoms with Crippen LogP contribution in [0.5, 0.6) is 0 Å². The van der Waals surface area contributed by atoms with E-state index in [-0.39, 0.29) is 23.4 Å². The summed E-state index contributed by atoms with van der Waals surface area (Å²) < 4.78 is 0. The summed E-state index contributed by atoms with van der Waals surface area (Å²) in [6.45, 7) is 1.85. The molecule has 0 unspecified atom stereocenters. The maximum atomic E-state index is 12.1. The molecule has 0 aliphatic carbocycles. The van der Waals surface area contributed by atoms with Crippen molar-refractivity contribution in [2.45, 2.75) is 18.6 Å². The van der Waals surface area contributed by atoms with Crippen molar-refractivity contribution in [2.75, 3.05) is 16.4 Å². The lowest BCUT2D eigenvalue weighted by atomic mass is 10.1. The summed E-state index contributed by atoms with van der Waals surface area (Å²) in [7, 11) is 0. The lowest BCUT2D eigenvalue weighted by Gasteiger charge is -2.05. The van der Waals surface area contributed by atoms with E-state index >= 15 is 0 Å². The van der Waals surface area contributed by atoms with Crippen LogP contribution in [0.1, 0.15) is 22.8 Å². The minimum atomic E-state index is -0.422. The quantitative estimate of drug-likeness (QED) is 0.325. The molecule has 9 nitrogen and oxygen atoms in total. The number of carbonyl (C=O) groups excluding carboxylic acids is 3. The molecule has 2 aromatic carbocycles. The summed E-state index contributed by atoms with van der Waals surface area (Å²) in [5.74, 6) is -0.0887. The van der Waals surface area contributed by atoms with Crippen LogP contribution in [0.3, 0.4) is 0 Å². The number of nitrogens with one attached hydrogen (secondary N) is 4. The number of hydrogen-bond acceptors (Lipinski definition) is 6. The number of aromatic amines is 1. The Kier molecular flexibility index (Phi) is 7.17. The molecular weight excluding hydrogens is 404 g/mol. The molecule has 1 heterocycles. The van der Waals surface area contributed by atoms with E-state index in [0.717, 1.165) is 17.3 Å². The lowest BCUT2D eigenvalue weighted by molar-refractivity contribution is -0.113. The summed E-state index contributed by atoms with van der Waals surface area (Å²) in [6, 6.07) is 15.8. The SMILES string of the molecule is CC(=O)c1cccc(NC(=O)CSc2n[nH]c(NC(=O)NCc3ccccc3)n2)c1. The number of Topliss-reactive ketones (excluding diaryl/α,β-unsaturated/α-hetero) is 1. The molecule has 0 aliphatic rings. The van der Waals surface area contributed by atoms with Gasteiger partial charge in [0.1, 0.15) is 0 Å². The van der Waals surface area contributed by atoms with E-state index in [1.54, 1.807) is 24.3 Å². The predicted octanol–water partition coefficient (Wildman–Crippen LogP) is 3.06. The molecule has 0 fully saturated rings. The Hall–Kier alpha value is -3.66. The first-order valence-corrected chi connectivity index (χ1v) is 10.0. The van der Waals surface area contributed by atoms with Crippen molar-refractivity contribution in [3.63, 3.8) is 0 Å². The minimum absolute atomic E-state index is 0.0712. The van der Waals surface area contributed by atoms with E-state index < -0.39 is 6.03 Å². The molecule has 3 amide bonds. The van der Waals surface area contributed by atoms with Crippen molar-refractivity contribution in [3.8, 4) is 0 Å². The molecule has 30 heavy (non-hydrogen) atoms. The summed E-state index contributed by atoms with van der Waals surface area (Å²) in [5, 5.41) is 14.9. The third-order valence-electron chi connectivity index (χ3n) is 3.88. The molecule has 3 aromatic rings. The maximum absolute atomic E-state index is 12.1. The molecule has 3 rings (SSSR count). The van der Waals surface area contributed by atoms with E-state index in [2.05, 4.69) is 31.1 Å². The first kappa shape index (κ1) is 21.1. The molecule has 0 bridgehead atoms. The molecule has 154 valence electrons. The van der Waals surface area contributed by atoms with Crippen molar-refractivity contribution in [1.29, 1.82) is 0 Å². The zero-order chi connectivity index (χ0) is 21.3. The number of rotatable bonds is 8. The second-order valence-electron chi connectivity index (χ2n) is 6.23. The van der Waals surface area contributed by atoms with Gasteiger partial charge in [0.15, 0.2) is 5.78 Å². The highest BCUT2D eigenvalue weighted by Crippen LogP contribution is 2.16. The maximum Gasteiger partial charge on any atom is 0.321 e. The minimum Gasteiger partial charge on any atom is -0.334 e. The van der Waals surface area contributed by atoms with Crippen LogP contribution in [0.4, 0.5) is 16.4 Å². The van der Waals surface area contributed by atoms with Crippen LogP contribution in [0.2, 0.25) is 0 Å². The van der Waals surface area contributed by atoms with Gasteiger partial charge in [0.2, 0.25) is 17.0 Å². The number of benzene rings is 2. The second kappa shape index (κ2) is 10.2. The van der Waals surface area contributed by atoms with Crippen LogP contribution in [-0.4, -0.2) is 38.7 Å². The fourth-order valence-electron chi connectivity index (χ4n) is 2.44. The number of urea groups is 1. The zero-order valence-corrected chi connectivity index (χ0v) is 17.0. The summed E-state index contributed by atoms with van der Waals surface area (Å²) in [4.78, 5) is 39.6. The van der Waals surface area contributed by atoms with Gasteiger partial charge in [-0.3, -0.25) is 14.9 Å². The van der Waals surface area contributed by atoms with Gasteiger partial charge >= 0.3 is 6.03 Å². The van der Waals surface area contributed by atoms with Gasteiger partial charge < -0.3 is 10.6 Å². The van der Waals surface area contributed by atoms with Crippen molar-refractivity contribution in [2.24, 2.45) is 0 Å². The second-order valence-corrected chi connectivity index (χ2v) is 7.18. The fourth-order valence-corrected chi connectivity index (χ4v) is 3.04. The third kappa shape index (κ3) is 6.45. The van der Waals surface area contributed by atoms with Gasteiger partial charge in [-0.25, -0.2) is 9.89 Å². The Balaban J connectivity index is 1.43. The van der Waals surface area contributed by atoms with Crippen LogP contribution < -0.4 is 16.0 Å². The van der Waals surface area contributed by atoms with Gasteiger partial charge in [-0.05, 0) is 24.6 Å². The number of aromatic nitrogens is 3. The first-order chi connectivity index (χ1) is 14.5. The number of H-pyrrole nitrogens is 1. The smallest absolute Gasteiger partial charge is 0.321 e. The molecule has 10 heteroatoms. The Morgan fingerprint density at radius 2 is 1.83 bits per heavy atom. The van der Waals surface area contributed by atoms with E-state index in [4.69, 9.17) is 0 Å². The molecule has 1 aromatic heterocycles. The van der Waals surface area contributed by atoms with Crippen molar-refractivity contribution >= 4 is 41.1 Å². The van der Waals surface area contributed by atoms with Crippen LogP contribution in [0.15, 0.2) is 59.8 Å². The number of nitrogens with zero attached hydrogens (tertiary/aromatic N) is 2. The average Bonchev–Trinajstić information content (AvgIpc) is 3.19. The van der Waals surface area contributed by atoms with Crippen LogP contribution in [-0.2, 0) is 11.3 Å². The van der Waals surface area contributed by atoms with Gasteiger partial charge in [0, 0.05) is 17.8 Å². The number of thioether (sulfide) groups is 1. The third-order valence-corrected chi connectivity index (χ3v) is 4.73. The Bertz CT molecular complexity index is 1040. The summed E-state index contributed by atoms with van der Waals surface area (Å²) in [6.07, 6.45) is 0. The van der Waals surface area contributed by atoms with Gasteiger partial charge in [-0.1, -0.05) is 54.2 Å². The largest absolute Gasteiger partial charge is 0.334 e. The number of ketones is 1. The number of anilines is 2. The molecule has 0 spiro atoms. The molecule has 0 saturated heterocycles. The molecule has 0 aliphatic heterocycles. The molecule has 4 N–H and O–H groups in total. The topological polar surface area (TPSA) is 129 Å². The normalized spacial score (nSPS) is 10.3. The highest BCUT2D eigenvalue weighted by molar-refractivity contribution is 7.99. The lowest BCUT2D eigenvalue weighted by Crippen LogP contribution is -2.28. The number of carbonyl (C=O) groups is 3. The molecule has 0 atom stereocenters. The van der Waals surface area contributed by atoms with E-state index in [1.807, 2.05) is 30.3 Å². The standard InChI is InChI=1S/C20H20N6O3S/c1-13(27)15-8-5-9-16(10-15)22-17(28)12-30-20-24-18(25-26-20)23-19(29)21-11-14-6-3-2-4-7-14/h2-10H,11-12H2,1H3,(H,22,28)(H3,21,23,24,25,26,29). The van der Waals surface area contributed by atoms with Gasteiger partial charge in [-0.2, -0.15) is 4.98 Å². The Labute approximate surface area is 177 Å². The molecule has 0 radical (unpaired) electrons. The summed E-state index contributed by atoms with van der Waals surface area (Å²) in [5.41, 5.74) is 2.04. The van der Waals surface area contributed by atoms with Gasteiger partial charge in [0.05, 0.1) is 5.75 Å². The molecule has 0 saturated carbocycles. The Morgan fingerprint density at radius 1 is 1.03 bits per heavy atom. The van der Waals surface area contributed by atoms with Crippen LogP contribution in [0.25, 0.3) is 0 Å². The highest BCUT2D eigenvalue weighted by atomic mass is 32.2. The van der Waals surface area contributed by atoms with Gasteiger partial charge in [0.25, 0.3) is 0 Å². The Morgan fingerprint density at radius 3 is 2.60 bits per heavy atom. The number of amides is 3. The van der Waals surface area contributed by atoms with Crippen molar-refractivity contribution < 1.29 is 14.4 Å². The van der Waals surface area contributed by atoms with Gasteiger partial charge in [-0.15, -0.1) is 5.10 Å². The van der Waals surface area contributed by atoms with Crippen LogP contribution in [0, 0.1) is 0 Å². The van der Waals surface area contributed by atoms with E-state index in [9.17, 15) is 14.4 Å². The average molecular weight is 424 g/mol. The monoisotopic (exact) mass is 424 g/mol.